The first-order valence-electron chi connectivity index (χ1n) is 10.2. The maximum absolute atomic E-state index is 12.9. The lowest BCUT2D eigenvalue weighted by molar-refractivity contribution is -0.122. The molecule has 2 aromatic carbocycles. The number of hydrogen-bond acceptors (Lipinski definition) is 5. The molecule has 2 saturated heterocycles. The van der Waals surface area contributed by atoms with Gasteiger partial charge in [0.2, 0.25) is 17.7 Å². The molecule has 1 unspecified atom stereocenters. The average molecular weight is 423 g/mol. The summed E-state index contributed by atoms with van der Waals surface area (Å²) in [6.45, 7) is 0.937. The molecule has 8 nitrogen and oxygen atoms in total. The third-order valence-corrected chi connectivity index (χ3v) is 5.68. The van der Waals surface area contributed by atoms with Crippen LogP contribution in [0.1, 0.15) is 19.3 Å². The lowest BCUT2D eigenvalue weighted by Crippen LogP contribution is -2.28. The second-order valence-electron chi connectivity index (χ2n) is 7.60. The number of nitrogens with zero attached hydrogens (tertiary/aromatic N) is 2. The number of hydrogen-bond donors (Lipinski definition) is 1. The molecule has 1 N–H and O–H groups in total. The van der Waals surface area contributed by atoms with E-state index in [1.807, 2.05) is 12.1 Å². The van der Waals surface area contributed by atoms with Gasteiger partial charge in [0.15, 0.2) is 0 Å². The zero-order valence-corrected chi connectivity index (χ0v) is 17.6. The number of ether oxygens (including phenoxy) is 2. The molecule has 4 rings (SSSR count). The van der Waals surface area contributed by atoms with Gasteiger partial charge in [-0.25, -0.2) is 0 Å². The van der Waals surface area contributed by atoms with Crippen LogP contribution in [-0.4, -0.2) is 45.0 Å². The maximum atomic E-state index is 12.9. The van der Waals surface area contributed by atoms with Gasteiger partial charge in [0.05, 0.1) is 31.5 Å². The van der Waals surface area contributed by atoms with E-state index in [1.54, 1.807) is 47.2 Å². The van der Waals surface area contributed by atoms with Crippen molar-refractivity contribution in [1.82, 2.24) is 0 Å². The van der Waals surface area contributed by atoms with Gasteiger partial charge in [-0.3, -0.25) is 14.4 Å². The third-order valence-electron chi connectivity index (χ3n) is 5.68. The number of carbonyl (C=O) groups is 3. The Morgan fingerprint density at radius 3 is 2.42 bits per heavy atom. The molecule has 2 aliphatic heterocycles. The Balaban J connectivity index is 1.47. The van der Waals surface area contributed by atoms with Crippen LogP contribution in [0.4, 0.5) is 17.1 Å². The molecule has 0 spiro atoms. The Morgan fingerprint density at radius 1 is 0.968 bits per heavy atom. The third kappa shape index (κ3) is 4.05. The molecule has 0 radical (unpaired) electrons. The van der Waals surface area contributed by atoms with E-state index >= 15 is 0 Å². The van der Waals surface area contributed by atoms with Crippen LogP contribution < -0.4 is 24.6 Å². The number of anilines is 3. The summed E-state index contributed by atoms with van der Waals surface area (Å²) in [7, 11) is 3.09. The normalized spacial score (nSPS) is 18.5. The summed E-state index contributed by atoms with van der Waals surface area (Å²) >= 11 is 0. The van der Waals surface area contributed by atoms with E-state index in [1.165, 1.54) is 7.11 Å². The van der Waals surface area contributed by atoms with Crippen molar-refractivity contribution in [2.45, 2.75) is 19.3 Å². The highest BCUT2D eigenvalue weighted by Gasteiger charge is 2.36. The number of carbonyl (C=O) groups excluding carboxylic acids is 3. The summed E-state index contributed by atoms with van der Waals surface area (Å²) in [5, 5.41) is 2.88. The van der Waals surface area contributed by atoms with Crippen LogP contribution in [0, 0.1) is 5.92 Å². The van der Waals surface area contributed by atoms with Crippen LogP contribution in [0.25, 0.3) is 0 Å². The minimum Gasteiger partial charge on any atom is -0.495 e. The monoisotopic (exact) mass is 423 g/mol. The van der Waals surface area contributed by atoms with Crippen molar-refractivity contribution in [2.75, 3.05) is 42.4 Å². The summed E-state index contributed by atoms with van der Waals surface area (Å²) in [5.41, 5.74) is 1.91. The molecule has 0 bridgehead atoms. The number of benzene rings is 2. The molecular formula is C23H25N3O5. The molecule has 162 valence electrons. The highest BCUT2D eigenvalue weighted by molar-refractivity contribution is 6.04. The summed E-state index contributed by atoms with van der Waals surface area (Å²) in [4.78, 5) is 40.8. The molecule has 1 atom stereocenters. The fraction of sp³-hybridized carbons (Fsp3) is 0.348. The van der Waals surface area contributed by atoms with Gasteiger partial charge >= 0.3 is 0 Å². The fourth-order valence-corrected chi connectivity index (χ4v) is 4.09. The summed E-state index contributed by atoms with van der Waals surface area (Å²) < 4.78 is 10.8. The van der Waals surface area contributed by atoms with Crippen molar-refractivity contribution >= 4 is 34.8 Å². The van der Waals surface area contributed by atoms with E-state index in [0.29, 0.717) is 41.5 Å². The number of amides is 3. The van der Waals surface area contributed by atoms with Gasteiger partial charge in [0, 0.05) is 37.7 Å². The van der Waals surface area contributed by atoms with E-state index in [0.717, 1.165) is 6.42 Å². The smallest absolute Gasteiger partial charge is 0.229 e. The number of rotatable bonds is 6. The van der Waals surface area contributed by atoms with Gasteiger partial charge < -0.3 is 24.6 Å². The standard InChI is InChI=1S/C23H25N3O5/c1-30-19-7-4-3-6-17(19)26-14-15(12-22(26)28)23(29)24-16-9-10-18(20(13-16)31-2)25-11-5-8-21(25)27/h3-4,6-7,9-10,13,15H,5,8,11-12,14H2,1-2H3,(H,24,29). The van der Waals surface area contributed by atoms with Crippen molar-refractivity contribution in [1.29, 1.82) is 0 Å². The van der Waals surface area contributed by atoms with Crippen LogP contribution >= 0.6 is 0 Å². The molecular weight excluding hydrogens is 398 g/mol. The number of para-hydroxylation sites is 2. The topological polar surface area (TPSA) is 88.2 Å². The van der Waals surface area contributed by atoms with Crippen molar-refractivity contribution < 1.29 is 23.9 Å². The minimum absolute atomic E-state index is 0.0657. The van der Waals surface area contributed by atoms with Crippen LogP contribution in [-0.2, 0) is 14.4 Å². The van der Waals surface area contributed by atoms with Crippen molar-refractivity contribution in [3.63, 3.8) is 0 Å². The Morgan fingerprint density at radius 2 is 1.71 bits per heavy atom. The maximum Gasteiger partial charge on any atom is 0.229 e. The molecule has 0 saturated carbocycles. The lowest BCUT2D eigenvalue weighted by Gasteiger charge is -2.20. The van der Waals surface area contributed by atoms with Crippen molar-refractivity contribution in [3.05, 3.63) is 42.5 Å². The highest BCUT2D eigenvalue weighted by Crippen LogP contribution is 2.35. The van der Waals surface area contributed by atoms with Crippen molar-refractivity contribution in [3.8, 4) is 11.5 Å². The predicted octanol–water partition coefficient (Wildman–Crippen LogP) is 2.82. The highest BCUT2D eigenvalue weighted by atomic mass is 16.5. The van der Waals surface area contributed by atoms with E-state index in [4.69, 9.17) is 9.47 Å². The molecule has 2 heterocycles. The van der Waals surface area contributed by atoms with E-state index in [-0.39, 0.29) is 30.7 Å². The average Bonchev–Trinajstić information content (AvgIpc) is 3.39. The summed E-state index contributed by atoms with van der Waals surface area (Å²) in [6.07, 6.45) is 1.47. The molecule has 2 fully saturated rings. The van der Waals surface area contributed by atoms with Crippen LogP contribution in [0.2, 0.25) is 0 Å². The van der Waals surface area contributed by atoms with E-state index < -0.39 is 5.92 Å². The van der Waals surface area contributed by atoms with Gasteiger partial charge in [-0.15, -0.1) is 0 Å². The van der Waals surface area contributed by atoms with Gasteiger partial charge in [-0.1, -0.05) is 12.1 Å². The second-order valence-corrected chi connectivity index (χ2v) is 7.60. The first kappa shape index (κ1) is 20.7. The lowest BCUT2D eigenvalue weighted by atomic mass is 10.1. The zero-order valence-electron chi connectivity index (χ0n) is 17.6. The van der Waals surface area contributed by atoms with Crippen molar-refractivity contribution in [2.24, 2.45) is 5.92 Å². The molecule has 0 aromatic heterocycles. The van der Waals surface area contributed by atoms with Gasteiger partial charge in [-0.05, 0) is 30.7 Å². The number of methoxy groups -OCH3 is 2. The minimum atomic E-state index is -0.483. The first-order valence-corrected chi connectivity index (χ1v) is 10.2. The van der Waals surface area contributed by atoms with Crippen LogP contribution in [0.15, 0.2) is 42.5 Å². The van der Waals surface area contributed by atoms with E-state index in [9.17, 15) is 14.4 Å². The Bertz CT molecular complexity index is 1020. The first-order chi connectivity index (χ1) is 15.0. The summed E-state index contributed by atoms with van der Waals surface area (Å²) in [5.74, 6) is 0.335. The van der Waals surface area contributed by atoms with Gasteiger partial charge in [0.1, 0.15) is 11.5 Å². The Labute approximate surface area is 180 Å². The summed E-state index contributed by atoms with van der Waals surface area (Å²) in [6, 6.07) is 12.5. The Hall–Kier alpha value is -3.55. The fourth-order valence-electron chi connectivity index (χ4n) is 4.09. The molecule has 8 heteroatoms. The predicted molar refractivity (Wildman–Crippen MR) is 117 cm³/mol. The SMILES string of the molecule is COc1cc(NC(=O)C2CC(=O)N(c3ccccc3OC)C2)ccc1N1CCCC1=O. The molecule has 2 aliphatic rings. The van der Waals surface area contributed by atoms with E-state index in [2.05, 4.69) is 5.32 Å². The molecule has 3 amide bonds. The molecule has 0 aliphatic carbocycles. The largest absolute Gasteiger partial charge is 0.495 e. The quantitative estimate of drug-likeness (QED) is 0.772. The molecule has 31 heavy (non-hydrogen) atoms. The second kappa shape index (κ2) is 8.67. The van der Waals surface area contributed by atoms with Gasteiger partial charge in [-0.2, -0.15) is 0 Å². The number of nitrogens with one attached hydrogen (secondary N) is 1. The van der Waals surface area contributed by atoms with Crippen LogP contribution in [0.5, 0.6) is 11.5 Å². The molecule has 2 aromatic rings. The zero-order chi connectivity index (χ0) is 22.0. The van der Waals surface area contributed by atoms with Crippen LogP contribution in [0.3, 0.4) is 0 Å². The van der Waals surface area contributed by atoms with Gasteiger partial charge in [0.25, 0.3) is 0 Å². The Kier molecular flexibility index (Phi) is 5.79.